The maximum absolute atomic E-state index is 6.30. The molecule has 0 aliphatic carbocycles. The normalized spacial score (nSPS) is 12.7. The van der Waals surface area contributed by atoms with E-state index in [0.717, 1.165) is 25.9 Å². The van der Waals surface area contributed by atoms with Gasteiger partial charge in [-0.25, -0.2) is 0 Å². The highest BCUT2D eigenvalue weighted by Crippen LogP contribution is 2.23. The van der Waals surface area contributed by atoms with Gasteiger partial charge < -0.3 is 10.6 Å². The number of hydrogen-bond acceptors (Lipinski definition) is 2. The van der Waals surface area contributed by atoms with Gasteiger partial charge >= 0.3 is 0 Å². The number of para-hydroxylation sites is 1. The van der Waals surface area contributed by atoms with E-state index in [9.17, 15) is 0 Å². The lowest BCUT2D eigenvalue weighted by molar-refractivity contribution is 0.493. The quantitative estimate of drug-likeness (QED) is 0.731. The zero-order valence-corrected chi connectivity index (χ0v) is 13.7. The summed E-state index contributed by atoms with van der Waals surface area (Å²) in [7, 11) is 0. The molecule has 2 N–H and O–H groups in total. The fourth-order valence-corrected chi connectivity index (χ4v) is 2.76. The lowest BCUT2D eigenvalue weighted by Gasteiger charge is -2.27. The molecule has 0 radical (unpaired) electrons. The fraction of sp³-hybridized carbons (Fsp3) is 0.667. The molecule has 0 saturated heterocycles. The Labute approximate surface area is 125 Å². The van der Waals surface area contributed by atoms with E-state index in [1.54, 1.807) is 0 Å². The van der Waals surface area contributed by atoms with Crippen LogP contribution >= 0.6 is 0 Å². The van der Waals surface area contributed by atoms with Gasteiger partial charge in [-0.15, -0.1) is 0 Å². The predicted octanol–water partition coefficient (Wildman–Crippen LogP) is 4.23. The average Bonchev–Trinajstić information content (AvgIpc) is 2.40. The molecule has 0 aromatic heterocycles. The summed E-state index contributed by atoms with van der Waals surface area (Å²) >= 11 is 0. The molecule has 0 bridgehead atoms. The number of nitrogens with two attached hydrogens (primary N) is 1. The van der Waals surface area contributed by atoms with Crippen LogP contribution in [0.3, 0.4) is 0 Å². The Morgan fingerprint density at radius 3 is 2.45 bits per heavy atom. The van der Waals surface area contributed by atoms with Crippen LogP contribution < -0.4 is 10.6 Å². The third-order valence-corrected chi connectivity index (χ3v) is 3.75. The monoisotopic (exact) mass is 276 g/mol. The van der Waals surface area contributed by atoms with Gasteiger partial charge in [0.1, 0.15) is 0 Å². The number of nitrogens with zero attached hydrogens (tertiary/aromatic N) is 1. The summed E-state index contributed by atoms with van der Waals surface area (Å²) in [5.41, 5.74) is 9.08. The van der Waals surface area contributed by atoms with Crippen LogP contribution in [0.4, 0.5) is 5.69 Å². The maximum Gasteiger partial charge on any atom is 0.0399 e. The number of anilines is 1. The molecule has 0 saturated carbocycles. The van der Waals surface area contributed by atoms with Gasteiger partial charge in [-0.2, -0.15) is 0 Å². The number of unbranched alkanes of at least 4 members (excludes halogenated alkanes) is 1. The summed E-state index contributed by atoms with van der Waals surface area (Å²) in [6.07, 6.45) is 4.57. The van der Waals surface area contributed by atoms with Crippen LogP contribution in [0.2, 0.25) is 0 Å². The largest absolute Gasteiger partial charge is 0.372 e. The van der Waals surface area contributed by atoms with Crippen molar-refractivity contribution in [3.05, 3.63) is 29.8 Å². The molecule has 1 rings (SSSR count). The van der Waals surface area contributed by atoms with Crippen LogP contribution in [-0.2, 0) is 6.42 Å². The van der Waals surface area contributed by atoms with Crippen molar-refractivity contribution in [2.45, 2.75) is 59.4 Å². The summed E-state index contributed by atoms with van der Waals surface area (Å²) in [4.78, 5) is 2.49. The van der Waals surface area contributed by atoms with Crippen molar-refractivity contribution < 1.29 is 0 Å². The molecule has 1 aromatic carbocycles. The van der Waals surface area contributed by atoms with Crippen LogP contribution in [0.5, 0.6) is 0 Å². The van der Waals surface area contributed by atoms with Gasteiger partial charge in [0.25, 0.3) is 0 Å². The molecule has 1 unspecified atom stereocenters. The summed E-state index contributed by atoms with van der Waals surface area (Å²) in [6, 6.07) is 9.03. The van der Waals surface area contributed by atoms with Crippen LogP contribution in [-0.4, -0.2) is 19.1 Å². The lowest BCUT2D eigenvalue weighted by Crippen LogP contribution is -2.28. The Morgan fingerprint density at radius 1 is 1.15 bits per heavy atom. The number of rotatable bonds is 9. The Morgan fingerprint density at radius 2 is 1.85 bits per heavy atom. The minimum absolute atomic E-state index is 0.265. The van der Waals surface area contributed by atoms with Crippen LogP contribution in [0, 0.1) is 5.92 Å². The van der Waals surface area contributed by atoms with Crippen LogP contribution in [0.15, 0.2) is 24.3 Å². The van der Waals surface area contributed by atoms with Crippen molar-refractivity contribution in [2.24, 2.45) is 11.7 Å². The number of hydrogen-bond donors (Lipinski definition) is 1. The predicted molar refractivity (Wildman–Crippen MR) is 90.4 cm³/mol. The molecule has 2 nitrogen and oxygen atoms in total. The first-order chi connectivity index (χ1) is 9.58. The van der Waals surface area contributed by atoms with Crippen molar-refractivity contribution >= 4 is 5.69 Å². The third kappa shape index (κ3) is 5.54. The van der Waals surface area contributed by atoms with E-state index < -0.39 is 0 Å². The first-order valence-electron chi connectivity index (χ1n) is 8.16. The van der Waals surface area contributed by atoms with E-state index in [0.29, 0.717) is 5.92 Å². The smallest absolute Gasteiger partial charge is 0.0399 e. The molecule has 1 aromatic rings. The summed E-state index contributed by atoms with van der Waals surface area (Å²) in [5.74, 6) is 0.666. The van der Waals surface area contributed by atoms with Gasteiger partial charge in [0.15, 0.2) is 0 Å². The molecule has 114 valence electrons. The molecule has 20 heavy (non-hydrogen) atoms. The Bertz CT molecular complexity index is 373. The second kappa shape index (κ2) is 9.02. The first-order valence-corrected chi connectivity index (χ1v) is 8.16. The summed E-state index contributed by atoms with van der Waals surface area (Å²) in [6.45, 7) is 11.2. The minimum atomic E-state index is 0.265. The minimum Gasteiger partial charge on any atom is -0.372 e. The SMILES string of the molecule is CCCCN(CC)c1ccccc1CC(N)CC(C)C. The Kier molecular flexibility index (Phi) is 7.68. The van der Waals surface area contributed by atoms with Crippen molar-refractivity contribution in [1.29, 1.82) is 0 Å². The molecule has 1 atom stereocenters. The average molecular weight is 276 g/mol. The van der Waals surface area contributed by atoms with E-state index in [1.807, 2.05) is 0 Å². The van der Waals surface area contributed by atoms with E-state index in [4.69, 9.17) is 5.73 Å². The molecule has 0 heterocycles. The topological polar surface area (TPSA) is 29.3 Å². The van der Waals surface area contributed by atoms with E-state index >= 15 is 0 Å². The third-order valence-electron chi connectivity index (χ3n) is 3.75. The first kappa shape index (κ1) is 17.0. The second-order valence-corrected chi connectivity index (χ2v) is 6.16. The van der Waals surface area contributed by atoms with Gasteiger partial charge in [0.05, 0.1) is 0 Å². The van der Waals surface area contributed by atoms with Gasteiger partial charge in [-0.3, -0.25) is 0 Å². The zero-order valence-electron chi connectivity index (χ0n) is 13.7. The van der Waals surface area contributed by atoms with Gasteiger partial charge in [0.2, 0.25) is 0 Å². The second-order valence-electron chi connectivity index (χ2n) is 6.16. The highest BCUT2D eigenvalue weighted by atomic mass is 15.1. The Hall–Kier alpha value is -1.02. The molecular formula is C18H32N2. The summed E-state index contributed by atoms with van der Waals surface area (Å²) < 4.78 is 0. The van der Waals surface area contributed by atoms with Crippen molar-refractivity contribution in [1.82, 2.24) is 0 Å². The Balaban J connectivity index is 2.80. The molecular weight excluding hydrogens is 244 g/mol. The van der Waals surface area contributed by atoms with Crippen LogP contribution in [0.1, 0.15) is 52.5 Å². The van der Waals surface area contributed by atoms with Crippen molar-refractivity contribution in [2.75, 3.05) is 18.0 Å². The molecule has 0 aliphatic heterocycles. The van der Waals surface area contributed by atoms with Crippen molar-refractivity contribution in [3.8, 4) is 0 Å². The summed E-state index contributed by atoms with van der Waals surface area (Å²) in [5, 5.41) is 0. The number of benzene rings is 1. The van der Waals surface area contributed by atoms with Crippen molar-refractivity contribution in [3.63, 3.8) is 0 Å². The highest BCUT2D eigenvalue weighted by molar-refractivity contribution is 5.53. The van der Waals surface area contributed by atoms with E-state index in [-0.39, 0.29) is 6.04 Å². The molecule has 0 spiro atoms. The maximum atomic E-state index is 6.30. The zero-order chi connectivity index (χ0) is 15.0. The molecule has 0 aliphatic rings. The highest BCUT2D eigenvalue weighted by Gasteiger charge is 2.13. The molecule has 2 heteroatoms. The van der Waals surface area contributed by atoms with Gasteiger partial charge in [0, 0.05) is 24.8 Å². The van der Waals surface area contributed by atoms with E-state index in [1.165, 1.54) is 24.1 Å². The van der Waals surface area contributed by atoms with Gasteiger partial charge in [-0.05, 0) is 43.7 Å². The van der Waals surface area contributed by atoms with Crippen LogP contribution in [0.25, 0.3) is 0 Å². The molecule has 0 fully saturated rings. The standard InChI is InChI=1S/C18H32N2/c1-5-7-12-20(6-2)18-11-9-8-10-16(18)14-17(19)13-15(3)4/h8-11,15,17H,5-7,12-14,19H2,1-4H3. The molecule has 0 amide bonds. The lowest BCUT2D eigenvalue weighted by atomic mass is 9.96. The van der Waals surface area contributed by atoms with E-state index in [2.05, 4.69) is 56.9 Å². The fourth-order valence-electron chi connectivity index (χ4n) is 2.76. The van der Waals surface area contributed by atoms with Gasteiger partial charge in [-0.1, -0.05) is 45.4 Å².